The van der Waals surface area contributed by atoms with E-state index in [1.165, 1.54) is 11.1 Å². The average molecular weight is 267 g/mol. The number of fused-ring (bicyclic) bond motifs is 1. The van der Waals surface area contributed by atoms with Crippen molar-refractivity contribution >= 4 is 5.91 Å². The normalized spacial score (nSPS) is 13.6. The number of pyridine rings is 1. The van der Waals surface area contributed by atoms with Crippen molar-refractivity contribution in [3.05, 3.63) is 65.0 Å². The smallest absolute Gasteiger partial charge is 0.251 e. The molecule has 3 rings (SSSR count). The molecular weight excluding hydrogens is 250 g/mol. The Morgan fingerprint density at radius 3 is 3.10 bits per heavy atom. The molecule has 0 spiro atoms. The van der Waals surface area contributed by atoms with Crippen LogP contribution in [0, 0.1) is 0 Å². The summed E-state index contributed by atoms with van der Waals surface area (Å²) in [6.45, 7) is 2.36. The van der Waals surface area contributed by atoms with E-state index >= 15 is 0 Å². The summed E-state index contributed by atoms with van der Waals surface area (Å²) >= 11 is 0. The largest absolute Gasteiger partial charge is 0.348 e. The van der Waals surface area contributed by atoms with Crippen LogP contribution in [0.1, 0.15) is 27.0 Å². The molecule has 0 unspecified atom stereocenters. The molecule has 0 aliphatic carbocycles. The minimum atomic E-state index is -0.0396. The predicted octanol–water partition coefficient (Wildman–Crippen LogP) is 1.66. The van der Waals surface area contributed by atoms with Gasteiger partial charge in [0.1, 0.15) is 0 Å². The van der Waals surface area contributed by atoms with Gasteiger partial charge in [-0.2, -0.15) is 0 Å². The SMILES string of the molecule is O=C(NCc1cccnc1)c1ccc2c(c1)CNCC2. The Balaban J connectivity index is 1.68. The quantitative estimate of drug-likeness (QED) is 0.889. The molecule has 0 fully saturated rings. The minimum absolute atomic E-state index is 0.0396. The Bertz CT molecular complexity index is 610. The summed E-state index contributed by atoms with van der Waals surface area (Å²) in [5, 5.41) is 6.25. The van der Waals surface area contributed by atoms with Crippen molar-refractivity contribution in [1.82, 2.24) is 15.6 Å². The zero-order chi connectivity index (χ0) is 13.8. The summed E-state index contributed by atoms with van der Waals surface area (Å²) in [5.74, 6) is -0.0396. The number of carbonyl (C=O) groups excluding carboxylic acids is 1. The van der Waals surface area contributed by atoms with Crippen LogP contribution < -0.4 is 10.6 Å². The molecule has 102 valence electrons. The number of carbonyl (C=O) groups is 1. The summed E-state index contributed by atoms with van der Waals surface area (Å²) in [4.78, 5) is 16.2. The third-order valence-electron chi connectivity index (χ3n) is 3.53. The average Bonchev–Trinajstić information content (AvgIpc) is 2.53. The Hall–Kier alpha value is -2.20. The maximum atomic E-state index is 12.2. The molecule has 1 amide bonds. The first-order chi connectivity index (χ1) is 9.83. The van der Waals surface area contributed by atoms with Gasteiger partial charge in [-0.1, -0.05) is 12.1 Å². The van der Waals surface area contributed by atoms with Crippen molar-refractivity contribution in [3.63, 3.8) is 0 Å². The lowest BCUT2D eigenvalue weighted by Crippen LogP contribution is -2.26. The summed E-state index contributed by atoms with van der Waals surface area (Å²) in [7, 11) is 0. The van der Waals surface area contributed by atoms with Crippen LogP contribution in [0.15, 0.2) is 42.7 Å². The fourth-order valence-corrected chi connectivity index (χ4v) is 2.41. The topological polar surface area (TPSA) is 54.0 Å². The zero-order valence-corrected chi connectivity index (χ0v) is 11.2. The van der Waals surface area contributed by atoms with E-state index in [2.05, 4.69) is 21.7 Å². The molecule has 0 bridgehead atoms. The molecule has 2 N–H and O–H groups in total. The zero-order valence-electron chi connectivity index (χ0n) is 11.2. The lowest BCUT2D eigenvalue weighted by atomic mass is 9.98. The van der Waals surface area contributed by atoms with Gasteiger partial charge in [-0.25, -0.2) is 0 Å². The number of aromatic nitrogens is 1. The number of hydrogen-bond donors (Lipinski definition) is 2. The van der Waals surface area contributed by atoms with Crippen LogP contribution in [-0.4, -0.2) is 17.4 Å². The number of amides is 1. The lowest BCUT2D eigenvalue weighted by molar-refractivity contribution is 0.0950. The molecule has 20 heavy (non-hydrogen) atoms. The highest BCUT2D eigenvalue weighted by atomic mass is 16.1. The number of nitrogens with zero attached hydrogens (tertiary/aromatic N) is 1. The molecular formula is C16H17N3O. The second-order valence-corrected chi connectivity index (χ2v) is 4.95. The second kappa shape index (κ2) is 5.84. The van der Waals surface area contributed by atoms with Crippen molar-refractivity contribution in [2.24, 2.45) is 0 Å². The van der Waals surface area contributed by atoms with E-state index in [1.807, 2.05) is 24.3 Å². The van der Waals surface area contributed by atoms with Gasteiger partial charge in [0.2, 0.25) is 0 Å². The van der Waals surface area contributed by atoms with Gasteiger partial charge in [-0.05, 0) is 47.9 Å². The highest BCUT2D eigenvalue weighted by Gasteiger charge is 2.12. The van der Waals surface area contributed by atoms with Gasteiger partial charge in [0, 0.05) is 31.0 Å². The molecule has 2 aromatic rings. The molecule has 1 aromatic carbocycles. The highest BCUT2D eigenvalue weighted by molar-refractivity contribution is 5.94. The van der Waals surface area contributed by atoms with Crippen LogP contribution in [0.2, 0.25) is 0 Å². The Kier molecular flexibility index (Phi) is 3.74. The van der Waals surface area contributed by atoms with Gasteiger partial charge in [0.25, 0.3) is 5.91 Å². The van der Waals surface area contributed by atoms with Gasteiger partial charge in [-0.15, -0.1) is 0 Å². The van der Waals surface area contributed by atoms with Crippen LogP contribution in [0.25, 0.3) is 0 Å². The maximum absolute atomic E-state index is 12.2. The van der Waals surface area contributed by atoms with E-state index in [9.17, 15) is 4.79 Å². The van der Waals surface area contributed by atoms with Crippen molar-refractivity contribution in [1.29, 1.82) is 0 Å². The van der Waals surface area contributed by atoms with E-state index in [1.54, 1.807) is 12.4 Å². The van der Waals surface area contributed by atoms with E-state index in [0.29, 0.717) is 6.54 Å². The van der Waals surface area contributed by atoms with Crippen LogP contribution >= 0.6 is 0 Å². The van der Waals surface area contributed by atoms with Crippen molar-refractivity contribution < 1.29 is 4.79 Å². The van der Waals surface area contributed by atoms with Gasteiger partial charge >= 0.3 is 0 Å². The number of hydrogen-bond acceptors (Lipinski definition) is 3. The number of rotatable bonds is 3. The van der Waals surface area contributed by atoms with E-state index in [-0.39, 0.29) is 5.91 Å². The Morgan fingerprint density at radius 1 is 1.30 bits per heavy atom. The van der Waals surface area contributed by atoms with Crippen LogP contribution in [0.3, 0.4) is 0 Å². The molecule has 1 aliphatic heterocycles. The lowest BCUT2D eigenvalue weighted by Gasteiger charge is -2.17. The standard InChI is InChI=1S/C16H17N3O/c20-16(19-10-12-2-1-6-17-9-12)14-4-3-13-5-7-18-11-15(13)8-14/h1-4,6,8-9,18H,5,7,10-11H2,(H,19,20). The Morgan fingerprint density at radius 2 is 2.25 bits per heavy atom. The van der Waals surface area contributed by atoms with Crippen LogP contribution in [-0.2, 0) is 19.5 Å². The van der Waals surface area contributed by atoms with E-state index in [0.717, 1.165) is 30.6 Å². The molecule has 0 saturated heterocycles. The van der Waals surface area contributed by atoms with Gasteiger partial charge < -0.3 is 10.6 Å². The second-order valence-electron chi connectivity index (χ2n) is 4.95. The van der Waals surface area contributed by atoms with Gasteiger partial charge in [0.15, 0.2) is 0 Å². The molecule has 0 atom stereocenters. The maximum Gasteiger partial charge on any atom is 0.251 e. The van der Waals surface area contributed by atoms with Gasteiger partial charge in [0.05, 0.1) is 0 Å². The predicted molar refractivity (Wildman–Crippen MR) is 77.3 cm³/mol. The molecule has 4 nitrogen and oxygen atoms in total. The first-order valence-electron chi connectivity index (χ1n) is 6.82. The van der Waals surface area contributed by atoms with Crippen LogP contribution in [0.4, 0.5) is 0 Å². The molecule has 0 radical (unpaired) electrons. The van der Waals surface area contributed by atoms with Crippen LogP contribution in [0.5, 0.6) is 0 Å². The molecule has 4 heteroatoms. The van der Waals surface area contributed by atoms with Crippen molar-refractivity contribution in [3.8, 4) is 0 Å². The molecule has 1 aromatic heterocycles. The summed E-state index contributed by atoms with van der Waals surface area (Å²) in [6, 6.07) is 9.77. The van der Waals surface area contributed by atoms with E-state index < -0.39 is 0 Å². The third kappa shape index (κ3) is 2.86. The first-order valence-corrected chi connectivity index (χ1v) is 6.82. The molecule has 0 saturated carbocycles. The fraction of sp³-hybridized carbons (Fsp3) is 0.250. The summed E-state index contributed by atoms with van der Waals surface area (Å²) < 4.78 is 0. The van der Waals surface area contributed by atoms with E-state index in [4.69, 9.17) is 0 Å². The fourth-order valence-electron chi connectivity index (χ4n) is 2.41. The third-order valence-corrected chi connectivity index (χ3v) is 3.53. The monoisotopic (exact) mass is 267 g/mol. The number of benzene rings is 1. The Labute approximate surface area is 118 Å². The summed E-state index contributed by atoms with van der Waals surface area (Å²) in [5.41, 5.74) is 4.29. The highest BCUT2D eigenvalue weighted by Crippen LogP contribution is 2.15. The molecule has 1 aliphatic rings. The first kappa shape index (κ1) is 12.8. The van der Waals surface area contributed by atoms with Gasteiger partial charge in [-0.3, -0.25) is 9.78 Å². The molecule has 2 heterocycles. The summed E-state index contributed by atoms with van der Waals surface area (Å²) in [6.07, 6.45) is 4.52. The van der Waals surface area contributed by atoms with Crippen molar-refractivity contribution in [2.75, 3.05) is 6.54 Å². The minimum Gasteiger partial charge on any atom is -0.348 e. The van der Waals surface area contributed by atoms with Crippen molar-refractivity contribution in [2.45, 2.75) is 19.5 Å². The number of nitrogens with one attached hydrogen (secondary N) is 2.